The van der Waals surface area contributed by atoms with Gasteiger partial charge in [-0.15, -0.1) is 0 Å². The van der Waals surface area contributed by atoms with Crippen molar-refractivity contribution in [3.05, 3.63) is 58.1 Å². The molecule has 0 heterocycles. The zero-order chi connectivity index (χ0) is 18.4. The molecule has 0 spiro atoms. The molecular weight excluding hydrogens is 338 g/mol. The third-order valence-electron chi connectivity index (χ3n) is 3.81. The van der Waals surface area contributed by atoms with Gasteiger partial charge in [0.25, 0.3) is 5.91 Å². The van der Waals surface area contributed by atoms with Crippen molar-refractivity contribution >= 4 is 17.5 Å². The number of ether oxygens (including phenoxy) is 2. The van der Waals surface area contributed by atoms with Gasteiger partial charge >= 0.3 is 0 Å². The number of rotatable bonds is 7. The normalized spacial score (nSPS) is 11.7. The SMILES string of the molecule is Cc1ccc(C)c(OCCNC(=O)[C@H](C)Oc2ccc(Cl)c(C)c2)c1. The van der Waals surface area contributed by atoms with E-state index < -0.39 is 6.10 Å². The third-order valence-corrected chi connectivity index (χ3v) is 4.24. The Labute approximate surface area is 154 Å². The molecule has 0 fully saturated rings. The average Bonchev–Trinajstić information content (AvgIpc) is 2.57. The highest BCUT2D eigenvalue weighted by Crippen LogP contribution is 2.22. The molecule has 0 saturated carbocycles. The zero-order valence-corrected chi connectivity index (χ0v) is 15.8. The molecule has 2 aromatic rings. The minimum absolute atomic E-state index is 0.183. The lowest BCUT2D eigenvalue weighted by atomic mass is 10.1. The van der Waals surface area contributed by atoms with Crippen molar-refractivity contribution < 1.29 is 14.3 Å². The molecule has 0 aliphatic heterocycles. The molecule has 0 aliphatic carbocycles. The highest BCUT2D eigenvalue weighted by Gasteiger charge is 2.14. The molecule has 2 aromatic carbocycles. The number of carbonyl (C=O) groups excluding carboxylic acids is 1. The van der Waals surface area contributed by atoms with Gasteiger partial charge in [0.15, 0.2) is 6.10 Å². The lowest BCUT2D eigenvalue weighted by Crippen LogP contribution is -2.38. The van der Waals surface area contributed by atoms with Crippen LogP contribution in [0.2, 0.25) is 5.02 Å². The van der Waals surface area contributed by atoms with Crippen molar-refractivity contribution in [2.45, 2.75) is 33.8 Å². The monoisotopic (exact) mass is 361 g/mol. The van der Waals surface area contributed by atoms with Crippen molar-refractivity contribution in [2.75, 3.05) is 13.2 Å². The summed E-state index contributed by atoms with van der Waals surface area (Å²) in [5, 5.41) is 3.49. The Morgan fingerprint density at radius 3 is 2.60 bits per heavy atom. The van der Waals surface area contributed by atoms with Crippen LogP contribution < -0.4 is 14.8 Å². The first-order valence-corrected chi connectivity index (χ1v) is 8.65. The van der Waals surface area contributed by atoms with Gasteiger partial charge in [-0.3, -0.25) is 4.79 Å². The van der Waals surface area contributed by atoms with Crippen LogP contribution >= 0.6 is 11.6 Å². The van der Waals surface area contributed by atoms with Crippen LogP contribution in [0.5, 0.6) is 11.5 Å². The molecule has 0 aromatic heterocycles. The number of nitrogens with one attached hydrogen (secondary N) is 1. The molecule has 0 aliphatic rings. The van der Waals surface area contributed by atoms with Gasteiger partial charge in [-0.2, -0.15) is 0 Å². The maximum atomic E-state index is 12.1. The van der Waals surface area contributed by atoms with Crippen molar-refractivity contribution in [1.29, 1.82) is 0 Å². The van der Waals surface area contributed by atoms with Crippen LogP contribution in [0, 0.1) is 20.8 Å². The van der Waals surface area contributed by atoms with Gasteiger partial charge in [0.05, 0.1) is 6.54 Å². The van der Waals surface area contributed by atoms with Crippen LogP contribution in [0.15, 0.2) is 36.4 Å². The van der Waals surface area contributed by atoms with E-state index in [0.717, 1.165) is 22.4 Å². The second kappa shape index (κ2) is 8.77. The summed E-state index contributed by atoms with van der Waals surface area (Å²) >= 11 is 5.99. The molecule has 1 N–H and O–H groups in total. The Morgan fingerprint density at radius 2 is 1.88 bits per heavy atom. The molecule has 0 bridgehead atoms. The molecule has 1 amide bonds. The van der Waals surface area contributed by atoms with Gasteiger partial charge in [0.1, 0.15) is 18.1 Å². The van der Waals surface area contributed by atoms with Gasteiger partial charge in [0.2, 0.25) is 0 Å². The summed E-state index contributed by atoms with van der Waals surface area (Å²) in [4.78, 5) is 12.1. The van der Waals surface area contributed by atoms with E-state index in [1.807, 2.05) is 45.0 Å². The maximum Gasteiger partial charge on any atom is 0.260 e. The average molecular weight is 362 g/mol. The first-order valence-electron chi connectivity index (χ1n) is 8.27. The summed E-state index contributed by atoms with van der Waals surface area (Å²) in [5.41, 5.74) is 3.13. The van der Waals surface area contributed by atoms with Gasteiger partial charge < -0.3 is 14.8 Å². The van der Waals surface area contributed by atoms with Gasteiger partial charge in [0, 0.05) is 5.02 Å². The fourth-order valence-electron chi connectivity index (χ4n) is 2.29. The summed E-state index contributed by atoms with van der Waals surface area (Å²) in [7, 11) is 0. The van der Waals surface area contributed by atoms with Gasteiger partial charge in [-0.1, -0.05) is 23.7 Å². The molecular formula is C20H24ClNO3. The molecule has 0 saturated heterocycles. The predicted molar refractivity (Wildman–Crippen MR) is 101 cm³/mol. The van der Waals surface area contributed by atoms with Gasteiger partial charge in [-0.25, -0.2) is 0 Å². The molecule has 25 heavy (non-hydrogen) atoms. The Bertz CT molecular complexity index is 746. The van der Waals surface area contributed by atoms with E-state index in [1.165, 1.54) is 0 Å². The van der Waals surface area contributed by atoms with Crippen molar-refractivity contribution in [3.63, 3.8) is 0 Å². The van der Waals surface area contributed by atoms with Crippen LogP contribution in [-0.2, 0) is 4.79 Å². The molecule has 5 heteroatoms. The summed E-state index contributed by atoms with van der Waals surface area (Å²) in [6.45, 7) is 8.45. The number of halogens is 1. The largest absolute Gasteiger partial charge is 0.491 e. The van der Waals surface area contributed by atoms with Crippen LogP contribution in [0.3, 0.4) is 0 Å². The van der Waals surface area contributed by atoms with E-state index in [-0.39, 0.29) is 5.91 Å². The fourth-order valence-corrected chi connectivity index (χ4v) is 2.41. The lowest BCUT2D eigenvalue weighted by molar-refractivity contribution is -0.127. The van der Waals surface area contributed by atoms with E-state index in [0.29, 0.717) is 23.9 Å². The van der Waals surface area contributed by atoms with Crippen molar-refractivity contribution in [3.8, 4) is 11.5 Å². The summed E-state index contributed by atoms with van der Waals surface area (Å²) in [6, 6.07) is 11.4. The molecule has 134 valence electrons. The lowest BCUT2D eigenvalue weighted by Gasteiger charge is -2.16. The van der Waals surface area contributed by atoms with Gasteiger partial charge in [-0.05, 0) is 68.7 Å². The van der Waals surface area contributed by atoms with Crippen LogP contribution in [0.1, 0.15) is 23.6 Å². The van der Waals surface area contributed by atoms with Crippen LogP contribution in [0.25, 0.3) is 0 Å². The number of amides is 1. The minimum Gasteiger partial charge on any atom is -0.491 e. The molecule has 0 unspecified atom stereocenters. The highest BCUT2D eigenvalue weighted by molar-refractivity contribution is 6.31. The molecule has 1 atom stereocenters. The summed E-state index contributed by atoms with van der Waals surface area (Å²) in [5.74, 6) is 1.28. The minimum atomic E-state index is -0.596. The standard InChI is InChI=1S/C20H24ClNO3/c1-13-5-6-14(2)19(11-13)24-10-9-22-20(23)16(4)25-17-7-8-18(21)15(3)12-17/h5-8,11-12,16H,9-10H2,1-4H3,(H,22,23)/t16-/m0/s1. The summed E-state index contributed by atoms with van der Waals surface area (Å²) in [6.07, 6.45) is -0.596. The molecule has 2 rings (SSSR count). The Balaban J connectivity index is 1.77. The highest BCUT2D eigenvalue weighted by atomic mass is 35.5. The van der Waals surface area contributed by atoms with E-state index in [4.69, 9.17) is 21.1 Å². The van der Waals surface area contributed by atoms with E-state index >= 15 is 0 Å². The number of aryl methyl sites for hydroxylation is 3. The number of carbonyl (C=O) groups is 1. The fraction of sp³-hybridized carbons (Fsp3) is 0.350. The third kappa shape index (κ3) is 5.68. The topological polar surface area (TPSA) is 47.6 Å². The van der Waals surface area contributed by atoms with Crippen LogP contribution in [0.4, 0.5) is 0 Å². The Morgan fingerprint density at radius 1 is 1.12 bits per heavy atom. The van der Waals surface area contributed by atoms with Crippen molar-refractivity contribution in [2.24, 2.45) is 0 Å². The van der Waals surface area contributed by atoms with E-state index in [2.05, 4.69) is 5.32 Å². The predicted octanol–water partition coefficient (Wildman–Crippen LogP) is 4.23. The van der Waals surface area contributed by atoms with E-state index in [1.54, 1.807) is 19.1 Å². The number of hydrogen-bond donors (Lipinski definition) is 1. The molecule has 0 radical (unpaired) electrons. The Hall–Kier alpha value is -2.20. The first kappa shape index (κ1) is 19.1. The van der Waals surface area contributed by atoms with E-state index in [9.17, 15) is 4.79 Å². The Kier molecular flexibility index (Phi) is 6.71. The van der Waals surface area contributed by atoms with Crippen LogP contribution in [-0.4, -0.2) is 25.2 Å². The molecule has 4 nitrogen and oxygen atoms in total. The zero-order valence-electron chi connectivity index (χ0n) is 15.1. The first-order chi connectivity index (χ1) is 11.9. The number of benzene rings is 2. The smallest absolute Gasteiger partial charge is 0.260 e. The maximum absolute atomic E-state index is 12.1. The summed E-state index contributed by atoms with van der Waals surface area (Å²) < 4.78 is 11.4. The quantitative estimate of drug-likeness (QED) is 0.751. The second-order valence-electron chi connectivity index (χ2n) is 6.08. The van der Waals surface area contributed by atoms with Crippen molar-refractivity contribution in [1.82, 2.24) is 5.32 Å². The second-order valence-corrected chi connectivity index (χ2v) is 6.49. The number of hydrogen-bond acceptors (Lipinski definition) is 3.